The van der Waals surface area contributed by atoms with Gasteiger partial charge in [0, 0.05) is 4.47 Å². The lowest BCUT2D eigenvalue weighted by Gasteiger charge is -1.99. The fourth-order valence-electron chi connectivity index (χ4n) is 1.38. The van der Waals surface area contributed by atoms with Crippen molar-refractivity contribution in [1.82, 2.24) is 0 Å². The molecule has 2 aromatic rings. The van der Waals surface area contributed by atoms with Crippen LogP contribution < -0.4 is 5.32 Å². The van der Waals surface area contributed by atoms with E-state index in [1.165, 1.54) is 11.3 Å². The number of nitrogens with one attached hydrogen (secondary N) is 1. The van der Waals surface area contributed by atoms with Crippen LogP contribution in [0.2, 0.25) is 0 Å². The topological polar surface area (TPSA) is 66.4 Å². The molecule has 2 N–H and O–H groups in total. The van der Waals surface area contributed by atoms with Gasteiger partial charge in [-0.3, -0.25) is 4.79 Å². The van der Waals surface area contributed by atoms with E-state index in [0.717, 1.165) is 15.8 Å². The lowest BCUT2D eigenvalue weighted by atomic mass is 10.3. The second-order valence-electron chi connectivity index (χ2n) is 3.48. The van der Waals surface area contributed by atoms with Crippen molar-refractivity contribution in [2.24, 2.45) is 0 Å². The van der Waals surface area contributed by atoms with E-state index in [1.807, 2.05) is 0 Å². The van der Waals surface area contributed by atoms with Crippen molar-refractivity contribution in [3.63, 3.8) is 0 Å². The Morgan fingerprint density at radius 3 is 2.61 bits per heavy atom. The minimum Gasteiger partial charge on any atom is -0.477 e. The first kappa shape index (κ1) is 13.3. The maximum atomic E-state index is 11.9. The quantitative estimate of drug-likeness (QED) is 0.888. The van der Waals surface area contributed by atoms with Crippen molar-refractivity contribution in [3.8, 4) is 0 Å². The molecule has 7 heteroatoms. The number of carbonyl (C=O) groups excluding carboxylic acids is 1. The van der Waals surface area contributed by atoms with Crippen molar-refractivity contribution < 1.29 is 14.7 Å². The van der Waals surface area contributed by atoms with Gasteiger partial charge in [0.2, 0.25) is 0 Å². The summed E-state index contributed by atoms with van der Waals surface area (Å²) in [5.74, 6) is -1.22. The van der Waals surface area contributed by atoms with Crippen LogP contribution in [0.25, 0.3) is 0 Å². The van der Waals surface area contributed by atoms with Crippen LogP contribution in [0.4, 0.5) is 5.00 Å². The molecule has 0 atom stereocenters. The molecule has 0 spiro atoms. The predicted octanol–water partition coefficient (Wildman–Crippen LogP) is 3.83. The van der Waals surface area contributed by atoms with Crippen LogP contribution in [0.1, 0.15) is 24.9 Å². The second-order valence-corrected chi connectivity index (χ2v) is 6.30. The van der Waals surface area contributed by atoms with E-state index in [9.17, 15) is 9.59 Å². The molecule has 4 nitrogen and oxygen atoms in total. The summed E-state index contributed by atoms with van der Waals surface area (Å²) >= 11 is 5.66. The Morgan fingerprint density at radius 2 is 2.11 bits per heavy atom. The Bertz CT molecular complexity index is 618. The Kier molecular flexibility index (Phi) is 3.84. The molecule has 2 aromatic heterocycles. The number of carboxylic acid groups (broad SMARTS) is 1. The summed E-state index contributed by atoms with van der Waals surface area (Å²) in [5, 5.41) is 14.0. The number of hydrogen-bond acceptors (Lipinski definition) is 4. The average molecular weight is 346 g/mol. The molecule has 94 valence electrons. The molecule has 0 saturated heterocycles. The normalized spacial score (nSPS) is 10.3. The van der Waals surface area contributed by atoms with Gasteiger partial charge in [0.15, 0.2) is 0 Å². The Labute approximate surface area is 119 Å². The summed E-state index contributed by atoms with van der Waals surface area (Å²) < 4.78 is 0.733. The third-order valence-corrected chi connectivity index (χ3v) is 5.15. The van der Waals surface area contributed by atoms with Crippen LogP contribution in [0.3, 0.4) is 0 Å². The number of anilines is 1. The van der Waals surface area contributed by atoms with E-state index in [4.69, 9.17) is 5.11 Å². The number of halogens is 1. The molecular formula is C11H8BrNO3S2. The monoisotopic (exact) mass is 345 g/mol. The predicted molar refractivity (Wildman–Crippen MR) is 76.0 cm³/mol. The molecule has 0 aliphatic rings. The maximum absolute atomic E-state index is 11.9. The molecule has 0 bridgehead atoms. The summed E-state index contributed by atoms with van der Waals surface area (Å²) in [4.78, 5) is 23.6. The van der Waals surface area contributed by atoms with Crippen LogP contribution in [0, 0.1) is 6.92 Å². The summed E-state index contributed by atoms with van der Waals surface area (Å²) in [5.41, 5.74) is 0.646. The van der Waals surface area contributed by atoms with E-state index in [-0.39, 0.29) is 10.8 Å². The van der Waals surface area contributed by atoms with Gasteiger partial charge in [0.1, 0.15) is 9.75 Å². The maximum Gasteiger partial charge on any atom is 0.346 e. The third kappa shape index (κ3) is 2.63. The first-order chi connectivity index (χ1) is 8.49. The summed E-state index contributed by atoms with van der Waals surface area (Å²) in [6.07, 6.45) is 0. The van der Waals surface area contributed by atoms with Crippen molar-refractivity contribution in [2.75, 3.05) is 5.32 Å². The van der Waals surface area contributed by atoms with E-state index >= 15 is 0 Å². The SMILES string of the molecule is Cc1cc(NC(=O)c2sccc2Br)sc1C(=O)O. The van der Waals surface area contributed by atoms with Gasteiger partial charge in [0.25, 0.3) is 5.91 Å². The zero-order chi connectivity index (χ0) is 13.3. The highest BCUT2D eigenvalue weighted by Crippen LogP contribution is 2.29. The van der Waals surface area contributed by atoms with Gasteiger partial charge in [-0.05, 0) is 45.9 Å². The molecule has 1 amide bonds. The number of carboxylic acids is 1. The van der Waals surface area contributed by atoms with Gasteiger partial charge in [-0.25, -0.2) is 4.79 Å². The molecule has 0 aliphatic heterocycles. The van der Waals surface area contributed by atoms with Crippen LogP contribution in [0.15, 0.2) is 22.0 Å². The Balaban J connectivity index is 2.20. The molecule has 0 fully saturated rings. The summed E-state index contributed by atoms with van der Waals surface area (Å²) in [6, 6.07) is 3.45. The number of amides is 1. The Hall–Kier alpha value is -1.18. The standard InChI is InChI=1S/C11H8BrNO3S2/c1-5-4-7(18-8(5)11(15)16)13-10(14)9-6(12)2-3-17-9/h2-4H,1H3,(H,13,14)(H,15,16). The minimum atomic E-state index is -0.977. The highest BCUT2D eigenvalue weighted by Gasteiger charge is 2.16. The van der Waals surface area contributed by atoms with E-state index in [0.29, 0.717) is 15.4 Å². The van der Waals surface area contributed by atoms with Gasteiger partial charge in [0.05, 0.1) is 5.00 Å². The Morgan fingerprint density at radius 1 is 1.39 bits per heavy atom. The van der Waals surface area contributed by atoms with Crippen LogP contribution in [0.5, 0.6) is 0 Å². The number of carbonyl (C=O) groups is 2. The van der Waals surface area contributed by atoms with E-state index in [1.54, 1.807) is 24.4 Å². The first-order valence-corrected chi connectivity index (χ1v) is 7.36. The van der Waals surface area contributed by atoms with Crippen molar-refractivity contribution in [3.05, 3.63) is 37.3 Å². The molecule has 2 heterocycles. The van der Waals surface area contributed by atoms with Gasteiger partial charge in [-0.15, -0.1) is 22.7 Å². The smallest absolute Gasteiger partial charge is 0.346 e. The molecule has 0 aromatic carbocycles. The molecule has 2 rings (SSSR count). The second kappa shape index (κ2) is 5.21. The summed E-state index contributed by atoms with van der Waals surface area (Å²) in [7, 11) is 0. The van der Waals surface area contributed by atoms with E-state index in [2.05, 4.69) is 21.2 Å². The van der Waals surface area contributed by atoms with Crippen molar-refractivity contribution in [1.29, 1.82) is 0 Å². The average Bonchev–Trinajstić information content (AvgIpc) is 2.84. The largest absolute Gasteiger partial charge is 0.477 e. The molecule has 0 aliphatic carbocycles. The number of aromatic carboxylic acids is 1. The minimum absolute atomic E-state index is 0.241. The zero-order valence-corrected chi connectivity index (χ0v) is 12.4. The number of thiophene rings is 2. The van der Waals surface area contributed by atoms with Crippen LogP contribution in [-0.2, 0) is 0 Å². The summed E-state index contributed by atoms with van der Waals surface area (Å²) in [6.45, 7) is 1.71. The highest BCUT2D eigenvalue weighted by molar-refractivity contribution is 9.10. The third-order valence-electron chi connectivity index (χ3n) is 2.17. The lowest BCUT2D eigenvalue weighted by molar-refractivity contribution is 0.0701. The highest BCUT2D eigenvalue weighted by atomic mass is 79.9. The van der Waals surface area contributed by atoms with Gasteiger partial charge in [-0.1, -0.05) is 0 Å². The molecule has 0 radical (unpaired) electrons. The zero-order valence-electron chi connectivity index (χ0n) is 9.19. The number of aryl methyl sites for hydroxylation is 1. The van der Waals surface area contributed by atoms with Crippen LogP contribution >= 0.6 is 38.6 Å². The fraction of sp³-hybridized carbons (Fsp3) is 0.0909. The van der Waals surface area contributed by atoms with Gasteiger partial charge < -0.3 is 10.4 Å². The molecular weight excluding hydrogens is 338 g/mol. The fourth-order valence-corrected chi connectivity index (χ4v) is 3.73. The number of hydrogen-bond donors (Lipinski definition) is 2. The number of rotatable bonds is 3. The van der Waals surface area contributed by atoms with Gasteiger partial charge in [-0.2, -0.15) is 0 Å². The lowest BCUT2D eigenvalue weighted by Crippen LogP contribution is -2.09. The van der Waals surface area contributed by atoms with Crippen LogP contribution in [-0.4, -0.2) is 17.0 Å². The van der Waals surface area contributed by atoms with E-state index < -0.39 is 5.97 Å². The van der Waals surface area contributed by atoms with Gasteiger partial charge >= 0.3 is 5.97 Å². The molecule has 18 heavy (non-hydrogen) atoms. The molecule has 0 unspecified atom stereocenters. The molecule has 0 saturated carbocycles. The van der Waals surface area contributed by atoms with Crippen molar-refractivity contribution >= 4 is 55.5 Å². The van der Waals surface area contributed by atoms with Crippen molar-refractivity contribution in [2.45, 2.75) is 6.92 Å². The first-order valence-electron chi connectivity index (χ1n) is 4.87.